The van der Waals surface area contributed by atoms with Crippen LogP contribution in [-0.4, -0.2) is 14.4 Å². The lowest BCUT2D eigenvalue weighted by molar-refractivity contribution is 1.31. The molecule has 37 heavy (non-hydrogen) atoms. The van der Waals surface area contributed by atoms with Crippen molar-refractivity contribution in [2.24, 2.45) is 0 Å². The second kappa shape index (κ2) is 7.74. The van der Waals surface area contributed by atoms with Crippen LogP contribution < -0.4 is 0 Å². The number of imidazole rings is 1. The highest BCUT2D eigenvalue weighted by Gasteiger charge is 2.16. The van der Waals surface area contributed by atoms with Crippen LogP contribution >= 0.6 is 0 Å². The molecule has 0 atom stereocenters. The molecule has 0 fully saturated rings. The van der Waals surface area contributed by atoms with Gasteiger partial charge in [0, 0.05) is 16.2 Å². The highest BCUT2D eigenvalue weighted by Crippen LogP contribution is 2.35. The first-order valence-electron chi connectivity index (χ1n) is 12.5. The van der Waals surface area contributed by atoms with Crippen LogP contribution in [0.2, 0.25) is 0 Å². The SMILES string of the molecule is c1ccc(-c2ccc(-c3ccc4c5nc6ccccc6cc5c5nc6ccccc6n5c4c3)cc2)cc1. The third-order valence-corrected chi connectivity index (χ3v) is 7.34. The van der Waals surface area contributed by atoms with Crippen molar-refractivity contribution >= 4 is 49.4 Å². The molecule has 3 heterocycles. The first-order chi connectivity index (χ1) is 18.3. The maximum absolute atomic E-state index is 5.12. The van der Waals surface area contributed by atoms with Gasteiger partial charge in [0.05, 0.1) is 27.6 Å². The summed E-state index contributed by atoms with van der Waals surface area (Å²) in [6, 6.07) is 44.9. The van der Waals surface area contributed by atoms with Crippen LogP contribution in [-0.2, 0) is 0 Å². The van der Waals surface area contributed by atoms with Crippen molar-refractivity contribution in [1.82, 2.24) is 14.4 Å². The largest absolute Gasteiger partial charge is 0.292 e. The number of hydrogen-bond donors (Lipinski definition) is 0. The number of hydrogen-bond acceptors (Lipinski definition) is 2. The van der Waals surface area contributed by atoms with Crippen LogP contribution in [0.25, 0.3) is 71.6 Å². The number of pyridine rings is 2. The molecule has 0 saturated carbocycles. The van der Waals surface area contributed by atoms with Crippen molar-refractivity contribution in [2.45, 2.75) is 0 Å². The Morgan fingerprint density at radius 3 is 1.92 bits per heavy atom. The Morgan fingerprint density at radius 1 is 0.432 bits per heavy atom. The third-order valence-electron chi connectivity index (χ3n) is 7.34. The predicted octanol–water partition coefficient (Wildman–Crippen LogP) is 8.68. The van der Waals surface area contributed by atoms with Crippen LogP contribution in [0.4, 0.5) is 0 Å². The topological polar surface area (TPSA) is 30.2 Å². The van der Waals surface area contributed by atoms with Crippen molar-refractivity contribution in [3.05, 3.63) is 127 Å². The summed E-state index contributed by atoms with van der Waals surface area (Å²) in [4.78, 5) is 10.2. The van der Waals surface area contributed by atoms with Crippen LogP contribution in [0.5, 0.6) is 0 Å². The fourth-order valence-corrected chi connectivity index (χ4v) is 5.52. The molecule has 3 nitrogen and oxygen atoms in total. The molecule has 0 amide bonds. The van der Waals surface area contributed by atoms with Crippen LogP contribution in [0.15, 0.2) is 127 Å². The van der Waals surface area contributed by atoms with E-state index in [9.17, 15) is 0 Å². The molecular weight excluding hydrogens is 450 g/mol. The van der Waals surface area contributed by atoms with E-state index in [-0.39, 0.29) is 0 Å². The van der Waals surface area contributed by atoms with Gasteiger partial charge in [0.1, 0.15) is 5.65 Å². The molecule has 0 radical (unpaired) electrons. The lowest BCUT2D eigenvalue weighted by Gasteiger charge is -2.12. The minimum Gasteiger partial charge on any atom is -0.292 e. The zero-order valence-electron chi connectivity index (χ0n) is 20.0. The van der Waals surface area contributed by atoms with Crippen molar-refractivity contribution < 1.29 is 0 Å². The molecule has 8 rings (SSSR count). The zero-order chi connectivity index (χ0) is 24.3. The average Bonchev–Trinajstić information content (AvgIpc) is 3.37. The normalized spacial score (nSPS) is 11.8. The van der Waals surface area contributed by atoms with Gasteiger partial charge in [-0.15, -0.1) is 0 Å². The molecule has 5 aromatic carbocycles. The van der Waals surface area contributed by atoms with Gasteiger partial charge in [-0.25, -0.2) is 9.97 Å². The van der Waals surface area contributed by atoms with Gasteiger partial charge in [0.15, 0.2) is 0 Å². The molecule has 172 valence electrons. The van der Waals surface area contributed by atoms with Gasteiger partial charge >= 0.3 is 0 Å². The van der Waals surface area contributed by atoms with Crippen molar-refractivity contribution in [1.29, 1.82) is 0 Å². The third kappa shape index (κ3) is 3.08. The molecule has 8 aromatic rings. The lowest BCUT2D eigenvalue weighted by atomic mass is 9.99. The standard InChI is InChI=1S/C34H21N3/c1-2-8-22(9-3-1)23-14-16-24(17-15-23)25-18-19-27-32(21-25)37-31-13-7-6-12-30(31)36-34(37)28-20-26-10-4-5-11-29(26)35-33(27)28/h1-21H. The lowest BCUT2D eigenvalue weighted by Crippen LogP contribution is -1.94. The van der Waals surface area contributed by atoms with Gasteiger partial charge in [-0.1, -0.05) is 97.1 Å². The van der Waals surface area contributed by atoms with Crippen molar-refractivity contribution in [3.8, 4) is 22.3 Å². The highest BCUT2D eigenvalue weighted by atomic mass is 15.0. The van der Waals surface area contributed by atoms with Gasteiger partial charge in [0.25, 0.3) is 0 Å². The van der Waals surface area contributed by atoms with Gasteiger partial charge in [-0.05, 0) is 52.6 Å². The number of nitrogens with zero attached hydrogens (tertiary/aromatic N) is 3. The molecule has 0 aliphatic carbocycles. The van der Waals surface area contributed by atoms with Gasteiger partial charge in [-0.2, -0.15) is 0 Å². The molecule has 0 unspecified atom stereocenters. The smallest absolute Gasteiger partial charge is 0.147 e. The van der Waals surface area contributed by atoms with Gasteiger partial charge in [0.2, 0.25) is 0 Å². The Labute approximate surface area is 213 Å². The Morgan fingerprint density at radius 2 is 1.08 bits per heavy atom. The van der Waals surface area contributed by atoms with E-state index >= 15 is 0 Å². The summed E-state index contributed by atoms with van der Waals surface area (Å²) in [5.74, 6) is 0. The molecular formula is C34H21N3. The minimum absolute atomic E-state index is 0.943. The first kappa shape index (κ1) is 20.2. The summed E-state index contributed by atoms with van der Waals surface area (Å²) in [6.45, 7) is 0. The Bertz CT molecular complexity index is 2120. The second-order valence-corrected chi connectivity index (χ2v) is 9.51. The van der Waals surface area contributed by atoms with E-state index < -0.39 is 0 Å². The first-order valence-corrected chi connectivity index (χ1v) is 12.5. The van der Waals surface area contributed by atoms with Crippen LogP contribution in [0, 0.1) is 0 Å². The van der Waals surface area contributed by atoms with E-state index in [0.717, 1.165) is 49.4 Å². The van der Waals surface area contributed by atoms with E-state index in [1.54, 1.807) is 0 Å². The van der Waals surface area contributed by atoms with Crippen molar-refractivity contribution in [3.63, 3.8) is 0 Å². The molecule has 0 N–H and O–H groups in total. The van der Waals surface area contributed by atoms with Crippen LogP contribution in [0.3, 0.4) is 0 Å². The van der Waals surface area contributed by atoms with Gasteiger partial charge in [-0.3, -0.25) is 4.40 Å². The van der Waals surface area contributed by atoms with E-state index in [0.29, 0.717) is 0 Å². The number of aromatic nitrogens is 3. The highest BCUT2D eigenvalue weighted by molar-refractivity contribution is 6.15. The number of fused-ring (bicyclic) bond motifs is 9. The molecule has 0 bridgehead atoms. The molecule has 0 aliphatic heterocycles. The summed E-state index contributed by atoms with van der Waals surface area (Å²) in [7, 11) is 0. The number of rotatable bonds is 2. The van der Waals surface area contributed by atoms with Crippen molar-refractivity contribution in [2.75, 3.05) is 0 Å². The summed E-state index contributed by atoms with van der Waals surface area (Å²) < 4.78 is 2.30. The van der Waals surface area contributed by atoms with E-state index in [1.807, 2.05) is 12.1 Å². The molecule has 3 aromatic heterocycles. The fraction of sp³-hybridized carbons (Fsp3) is 0. The summed E-state index contributed by atoms with van der Waals surface area (Å²) in [5, 5.41) is 3.32. The summed E-state index contributed by atoms with van der Waals surface area (Å²) in [6.07, 6.45) is 0. The Hall–Kier alpha value is -5.02. The zero-order valence-corrected chi connectivity index (χ0v) is 20.0. The Balaban J connectivity index is 1.42. The van der Waals surface area contributed by atoms with Crippen LogP contribution in [0.1, 0.15) is 0 Å². The Kier molecular flexibility index (Phi) is 4.23. The monoisotopic (exact) mass is 471 g/mol. The maximum Gasteiger partial charge on any atom is 0.147 e. The van der Waals surface area contributed by atoms with E-state index in [2.05, 4.69) is 120 Å². The number of para-hydroxylation sites is 3. The van der Waals surface area contributed by atoms with Gasteiger partial charge < -0.3 is 0 Å². The van der Waals surface area contributed by atoms with E-state index in [1.165, 1.54) is 22.3 Å². The molecule has 3 heteroatoms. The summed E-state index contributed by atoms with van der Waals surface area (Å²) in [5.41, 5.74) is 10.9. The molecule has 0 spiro atoms. The molecule has 0 aliphatic rings. The quantitative estimate of drug-likeness (QED) is 0.186. The predicted molar refractivity (Wildman–Crippen MR) is 154 cm³/mol. The fourth-order valence-electron chi connectivity index (χ4n) is 5.52. The molecule has 0 saturated heterocycles. The number of benzene rings is 5. The maximum atomic E-state index is 5.12. The van der Waals surface area contributed by atoms with E-state index in [4.69, 9.17) is 9.97 Å². The average molecular weight is 472 g/mol. The summed E-state index contributed by atoms with van der Waals surface area (Å²) >= 11 is 0. The minimum atomic E-state index is 0.943. The second-order valence-electron chi connectivity index (χ2n) is 9.51.